The Kier molecular flexibility index (Phi) is 6.49. The van der Waals surface area contributed by atoms with Crippen LogP contribution in [0.15, 0.2) is 12.1 Å². The number of hydrogen-bond acceptors (Lipinski definition) is 3. The lowest BCUT2D eigenvalue weighted by Crippen LogP contribution is -2.54. The van der Waals surface area contributed by atoms with E-state index in [4.69, 9.17) is 0 Å². The van der Waals surface area contributed by atoms with Crippen molar-refractivity contribution in [1.29, 1.82) is 0 Å². The summed E-state index contributed by atoms with van der Waals surface area (Å²) in [7, 11) is 0. The van der Waals surface area contributed by atoms with Gasteiger partial charge in [0, 0.05) is 6.54 Å². The maximum Gasteiger partial charge on any atom is 0.325 e. The fourth-order valence-electron chi connectivity index (χ4n) is 4.99. The van der Waals surface area contributed by atoms with E-state index < -0.39 is 11.6 Å². The fourth-order valence-corrected chi connectivity index (χ4v) is 4.99. The second kappa shape index (κ2) is 8.64. The Hall–Kier alpha value is -2.37. The summed E-state index contributed by atoms with van der Waals surface area (Å²) in [6, 6.07) is 4.00. The van der Waals surface area contributed by atoms with Gasteiger partial charge in [-0.3, -0.25) is 14.5 Å². The number of benzene rings is 1. The van der Waals surface area contributed by atoms with Crippen LogP contribution in [0.2, 0.25) is 0 Å². The van der Waals surface area contributed by atoms with Crippen LogP contribution in [0, 0.1) is 19.8 Å². The maximum absolute atomic E-state index is 13.0. The van der Waals surface area contributed by atoms with E-state index in [1.165, 1.54) is 22.3 Å². The van der Waals surface area contributed by atoms with E-state index >= 15 is 0 Å². The van der Waals surface area contributed by atoms with Gasteiger partial charge in [0.2, 0.25) is 5.91 Å². The molecule has 6 nitrogen and oxygen atoms in total. The first-order valence-electron chi connectivity index (χ1n) is 11.5. The molecule has 6 heteroatoms. The van der Waals surface area contributed by atoms with Gasteiger partial charge >= 0.3 is 6.03 Å². The summed E-state index contributed by atoms with van der Waals surface area (Å²) in [6.45, 7) is 13.1. The Bertz CT molecular complexity index is 863. The van der Waals surface area contributed by atoms with Crippen LogP contribution in [0.5, 0.6) is 0 Å². The van der Waals surface area contributed by atoms with Crippen molar-refractivity contribution in [3.63, 3.8) is 0 Å². The quantitative estimate of drug-likeness (QED) is 0.703. The molecule has 1 aromatic rings. The van der Waals surface area contributed by atoms with Crippen molar-refractivity contribution in [2.45, 2.75) is 84.6 Å². The van der Waals surface area contributed by atoms with Gasteiger partial charge in [0.25, 0.3) is 5.91 Å². The average Bonchev–Trinajstić information content (AvgIpc) is 2.90. The lowest BCUT2D eigenvalue weighted by Gasteiger charge is -2.36. The van der Waals surface area contributed by atoms with Crippen LogP contribution < -0.4 is 10.6 Å². The molecule has 0 unspecified atom stereocenters. The van der Waals surface area contributed by atoms with Crippen LogP contribution in [0.4, 0.5) is 4.79 Å². The summed E-state index contributed by atoms with van der Waals surface area (Å²) in [5.41, 5.74) is 4.26. The molecule has 1 spiro atoms. The highest BCUT2D eigenvalue weighted by Crippen LogP contribution is 2.38. The third-order valence-electron chi connectivity index (χ3n) is 7.06. The predicted octanol–water partition coefficient (Wildman–Crippen LogP) is 3.76. The monoisotopic (exact) mass is 427 g/mol. The van der Waals surface area contributed by atoms with E-state index in [2.05, 4.69) is 57.4 Å². The van der Waals surface area contributed by atoms with Crippen LogP contribution in [-0.4, -0.2) is 41.4 Å². The summed E-state index contributed by atoms with van der Waals surface area (Å²) in [6.07, 6.45) is 4.28. The van der Waals surface area contributed by atoms with Gasteiger partial charge in [-0.1, -0.05) is 52.7 Å². The lowest BCUT2D eigenvalue weighted by molar-refractivity contribution is -0.137. The van der Waals surface area contributed by atoms with Gasteiger partial charge in [-0.15, -0.1) is 0 Å². The number of urea groups is 1. The molecule has 0 aromatic heterocycles. The maximum atomic E-state index is 13.0. The second-order valence-electron chi connectivity index (χ2n) is 10.4. The first kappa shape index (κ1) is 23.3. The van der Waals surface area contributed by atoms with Crippen molar-refractivity contribution in [1.82, 2.24) is 15.5 Å². The molecule has 1 aromatic carbocycles. The van der Waals surface area contributed by atoms with Crippen LogP contribution in [0.1, 0.15) is 75.6 Å². The zero-order chi connectivity index (χ0) is 23.0. The van der Waals surface area contributed by atoms with Crippen molar-refractivity contribution in [3.8, 4) is 0 Å². The Morgan fingerprint density at radius 1 is 1.19 bits per heavy atom. The van der Waals surface area contributed by atoms with E-state index in [9.17, 15) is 14.4 Å². The molecule has 0 radical (unpaired) electrons. The summed E-state index contributed by atoms with van der Waals surface area (Å²) in [5, 5.41) is 5.78. The van der Waals surface area contributed by atoms with Crippen LogP contribution in [0.25, 0.3) is 0 Å². The number of nitrogens with zero attached hydrogens (tertiary/aromatic N) is 1. The molecule has 1 aliphatic heterocycles. The minimum atomic E-state index is -0.821. The van der Waals surface area contributed by atoms with Gasteiger partial charge in [0.15, 0.2) is 0 Å². The minimum Gasteiger partial charge on any atom is -0.354 e. The Morgan fingerprint density at radius 3 is 2.42 bits per heavy atom. The standard InChI is InChI=1S/C25H37N3O3/c1-16-13-19(24(4,5)6)14-17(2)20(16)10-12-26-21(29)15-28-22(30)25(27-23(28)31)11-8-7-9-18(25)3/h13-14,18H,7-12,15H2,1-6H3,(H,26,29)(H,27,31)/t18-,25-/m1/s1. The largest absolute Gasteiger partial charge is 0.354 e. The third kappa shape index (κ3) is 4.63. The van der Waals surface area contributed by atoms with Crippen LogP contribution in [-0.2, 0) is 21.4 Å². The van der Waals surface area contributed by atoms with Crippen molar-refractivity contribution < 1.29 is 14.4 Å². The second-order valence-corrected chi connectivity index (χ2v) is 10.4. The molecule has 1 saturated heterocycles. The molecule has 0 bridgehead atoms. The van der Waals surface area contributed by atoms with Crippen LogP contribution >= 0.6 is 0 Å². The molecule has 2 atom stereocenters. The number of carbonyl (C=O) groups excluding carboxylic acids is 3. The highest BCUT2D eigenvalue weighted by Gasteiger charge is 2.55. The number of aryl methyl sites for hydroxylation is 2. The van der Waals surface area contributed by atoms with Crippen molar-refractivity contribution >= 4 is 17.8 Å². The Balaban J connectivity index is 1.58. The summed E-state index contributed by atoms with van der Waals surface area (Å²) < 4.78 is 0. The molecular formula is C25H37N3O3. The molecule has 4 amide bonds. The van der Waals surface area contributed by atoms with E-state index in [0.29, 0.717) is 13.0 Å². The Labute approximate surface area is 186 Å². The topological polar surface area (TPSA) is 78.5 Å². The number of hydrogen-bond donors (Lipinski definition) is 2. The lowest BCUT2D eigenvalue weighted by atomic mass is 9.73. The molecule has 3 rings (SSSR count). The van der Waals surface area contributed by atoms with Gasteiger partial charge in [0.1, 0.15) is 12.1 Å². The molecule has 1 aliphatic carbocycles. The summed E-state index contributed by atoms with van der Waals surface area (Å²) in [4.78, 5) is 39.0. The minimum absolute atomic E-state index is 0.0905. The molecule has 1 heterocycles. The predicted molar refractivity (Wildman–Crippen MR) is 122 cm³/mol. The zero-order valence-electron chi connectivity index (χ0n) is 19.9. The van der Waals surface area contributed by atoms with Crippen molar-refractivity contribution in [2.24, 2.45) is 5.92 Å². The molecule has 2 N–H and O–H groups in total. The Morgan fingerprint density at radius 2 is 1.84 bits per heavy atom. The van der Waals surface area contributed by atoms with Crippen molar-refractivity contribution in [3.05, 3.63) is 34.4 Å². The smallest absolute Gasteiger partial charge is 0.325 e. The van der Waals surface area contributed by atoms with E-state index in [1.54, 1.807) is 0 Å². The first-order valence-corrected chi connectivity index (χ1v) is 11.5. The van der Waals surface area contributed by atoms with E-state index in [1.807, 2.05) is 6.92 Å². The average molecular weight is 428 g/mol. The third-order valence-corrected chi connectivity index (χ3v) is 7.06. The number of nitrogens with one attached hydrogen (secondary N) is 2. The SMILES string of the molecule is Cc1cc(C(C)(C)C)cc(C)c1CCNC(=O)CN1C(=O)N[C@@]2(CCCC[C@H]2C)C1=O. The fraction of sp³-hybridized carbons (Fsp3) is 0.640. The molecule has 31 heavy (non-hydrogen) atoms. The number of rotatable bonds is 5. The molecule has 2 fully saturated rings. The number of carbonyl (C=O) groups is 3. The molecule has 170 valence electrons. The van der Waals surface area contributed by atoms with Gasteiger partial charge in [0.05, 0.1) is 0 Å². The normalized spacial score (nSPS) is 23.9. The molecular weight excluding hydrogens is 390 g/mol. The van der Waals surface area contributed by atoms with E-state index in [-0.39, 0.29) is 29.7 Å². The van der Waals surface area contributed by atoms with Gasteiger partial charge in [-0.05, 0) is 66.7 Å². The highest BCUT2D eigenvalue weighted by atomic mass is 16.2. The molecule has 2 aliphatic rings. The zero-order valence-corrected chi connectivity index (χ0v) is 19.9. The molecule has 1 saturated carbocycles. The van der Waals surface area contributed by atoms with Gasteiger partial charge in [-0.2, -0.15) is 0 Å². The highest BCUT2D eigenvalue weighted by molar-refractivity contribution is 6.09. The van der Waals surface area contributed by atoms with Gasteiger partial charge in [-0.25, -0.2) is 4.79 Å². The summed E-state index contributed by atoms with van der Waals surface area (Å²) in [5.74, 6) is -0.456. The number of imide groups is 1. The van der Waals surface area contributed by atoms with Gasteiger partial charge < -0.3 is 10.6 Å². The van der Waals surface area contributed by atoms with Crippen LogP contribution in [0.3, 0.4) is 0 Å². The summed E-state index contributed by atoms with van der Waals surface area (Å²) >= 11 is 0. The van der Waals surface area contributed by atoms with Crippen molar-refractivity contribution in [2.75, 3.05) is 13.1 Å². The first-order chi connectivity index (χ1) is 14.5. The number of amides is 4. The van der Waals surface area contributed by atoms with E-state index in [0.717, 1.165) is 30.6 Å².